The van der Waals surface area contributed by atoms with Crippen molar-refractivity contribution in [3.63, 3.8) is 0 Å². The van der Waals surface area contributed by atoms with Crippen molar-refractivity contribution >= 4 is 12.2 Å². The van der Waals surface area contributed by atoms with E-state index < -0.39 is 17.8 Å². The summed E-state index contributed by atoms with van der Waals surface area (Å²) in [6, 6.07) is 0. The van der Waals surface area contributed by atoms with Crippen LogP contribution in [0.5, 0.6) is 0 Å². The second-order valence-corrected chi connectivity index (χ2v) is 6.57. The molecule has 28 heavy (non-hydrogen) atoms. The molecule has 8 heteroatoms. The molecule has 2 amide bonds. The van der Waals surface area contributed by atoms with E-state index in [-0.39, 0.29) is 6.61 Å². The SMILES string of the molecule is C=COCCCCC(CCCCCOC(N)=O)(CCCCOC=C)OC(N)=O. The quantitative estimate of drug-likeness (QED) is 0.248. The number of unbranched alkanes of at least 4 members (excludes halogenated alkanes) is 4. The maximum absolute atomic E-state index is 11.5. The second kappa shape index (κ2) is 16.8. The minimum absolute atomic E-state index is 0.288. The molecular weight excluding hydrogens is 364 g/mol. The van der Waals surface area contributed by atoms with Gasteiger partial charge in [-0.3, -0.25) is 0 Å². The third kappa shape index (κ3) is 14.8. The Kier molecular flexibility index (Phi) is 15.3. The van der Waals surface area contributed by atoms with Crippen LogP contribution in [0.1, 0.15) is 64.2 Å². The van der Waals surface area contributed by atoms with Crippen LogP contribution in [0.15, 0.2) is 25.7 Å². The van der Waals surface area contributed by atoms with Crippen molar-refractivity contribution in [2.45, 2.75) is 69.8 Å². The van der Waals surface area contributed by atoms with Crippen LogP contribution in [-0.4, -0.2) is 37.6 Å². The highest BCUT2D eigenvalue weighted by Crippen LogP contribution is 2.32. The second-order valence-electron chi connectivity index (χ2n) is 6.57. The van der Waals surface area contributed by atoms with E-state index in [1.165, 1.54) is 12.5 Å². The maximum atomic E-state index is 11.5. The van der Waals surface area contributed by atoms with Gasteiger partial charge in [0.1, 0.15) is 5.60 Å². The molecule has 0 unspecified atom stereocenters. The fraction of sp³-hybridized carbons (Fsp3) is 0.700. The molecule has 0 aliphatic carbocycles. The Bertz CT molecular complexity index is 438. The summed E-state index contributed by atoms with van der Waals surface area (Å²) in [6.45, 7) is 8.49. The van der Waals surface area contributed by atoms with Crippen LogP contribution in [0.25, 0.3) is 0 Å². The fourth-order valence-corrected chi connectivity index (χ4v) is 3.07. The zero-order valence-electron chi connectivity index (χ0n) is 16.9. The summed E-state index contributed by atoms with van der Waals surface area (Å²) in [5, 5.41) is 0. The molecule has 8 nitrogen and oxygen atoms in total. The van der Waals surface area contributed by atoms with Gasteiger partial charge in [-0.05, 0) is 64.2 Å². The van der Waals surface area contributed by atoms with Gasteiger partial charge in [-0.15, -0.1) is 0 Å². The van der Waals surface area contributed by atoms with E-state index >= 15 is 0 Å². The molecule has 0 bridgehead atoms. The van der Waals surface area contributed by atoms with Crippen LogP contribution in [0.3, 0.4) is 0 Å². The summed E-state index contributed by atoms with van der Waals surface area (Å²) < 4.78 is 20.6. The van der Waals surface area contributed by atoms with E-state index in [4.69, 9.17) is 30.4 Å². The number of hydrogen-bond acceptors (Lipinski definition) is 6. The van der Waals surface area contributed by atoms with E-state index in [0.717, 1.165) is 38.5 Å². The van der Waals surface area contributed by atoms with Gasteiger partial charge in [-0.25, -0.2) is 9.59 Å². The molecule has 0 atom stereocenters. The van der Waals surface area contributed by atoms with E-state index in [2.05, 4.69) is 13.2 Å². The largest absolute Gasteiger partial charge is 0.502 e. The molecule has 0 saturated heterocycles. The van der Waals surface area contributed by atoms with Gasteiger partial charge < -0.3 is 30.4 Å². The van der Waals surface area contributed by atoms with Crippen LogP contribution in [0, 0.1) is 0 Å². The Hall–Kier alpha value is -2.38. The van der Waals surface area contributed by atoms with Crippen molar-refractivity contribution < 1.29 is 28.5 Å². The lowest BCUT2D eigenvalue weighted by Gasteiger charge is -2.33. The predicted molar refractivity (Wildman–Crippen MR) is 107 cm³/mol. The maximum Gasteiger partial charge on any atom is 0.405 e. The first kappa shape index (κ1) is 25.6. The lowest BCUT2D eigenvalue weighted by molar-refractivity contribution is -0.0111. The fourth-order valence-electron chi connectivity index (χ4n) is 3.07. The molecule has 0 fully saturated rings. The minimum atomic E-state index is -0.769. The summed E-state index contributed by atoms with van der Waals surface area (Å²) in [4.78, 5) is 22.1. The molecule has 0 aromatic heterocycles. The first-order valence-corrected chi connectivity index (χ1v) is 9.81. The molecule has 0 radical (unpaired) electrons. The van der Waals surface area contributed by atoms with Crippen molar-refractivity contribution in [1.29, 1.82) is 0 Å². The number of hydrogen-bond donors (Lipinski definition) is 2. The Labute approximate surface area is 168 Å². The van der Waals surface area contributed by atoms with Crippen molar-refractivity contribution in [3.05, 3.63) is 25.7 Å². The van der Waals surface area contributed by atoms with Crippen LogP contribution >= 0.6 is 0 Å². The average molecular weight is 401 g/mol. The Morgan fingerprint density at radius 3 is 1.61 bits per heavy atom. The molecule has 0 rings (SSSR count). The zero-order valence-corrected chi connectivity index (χ0v) is 16.9. The number of amides is 2. The summed E-state index contributed by atoms with van der Waals surface area (Å²) in [7, 11) is 0. The van der Waals surface area contributed by atoms with Crippen LogP contribution in [-0.2, 0) is 18.9 Å². The van der Waals surface area contributed by atoms with Crippen LogP contribution < -0.4 is 11.5 Å². The normalized spacial score (nSPS) is 10.7. The van der Waals surface area contributed by atoms with Crippen molar-refractivity contribution in [3.8, 4) is 0 Å². The predicted octanol–water partition coefficient (Wildman–Crippen LogP) is 4.14. The van der Waals surface area contributed by atoms with Gasteiger partial charge in [0.25, 0.3) is 0 Å². The third-order valence-corrected chi connectivity index (χ3v) is 4.36. The van der Waals surface area contributed by atoms with Gasteiger partial charge >= 0.3 is 12.2 Å². The lowest BCUT2D eigenvalue weighted by Crippen LogP contribution is -2.37. The van der Waals surface area contributed by atoms with Gasteiger partial charge in [-0.2, -0.15) is 0 Å². The van der Waals surface area contributed by atoms with Gasteiger partial charge in [-0.1, -0.05) is 13.2 Å². The van der Waals surface area contributed by atoms with E-state index in [1.54, 1.807) is 0 Å². The van der Waals surface area contributed by atoms with E-state index in [0.29, 0.717) is 38.9 Å². The average Bonchev–Trinajstić information content (AvgIpc) is 2.63. The standard InChI is InChI=1S/C20H36N2O6/c1-3-25-15-10-7-13-20(28-19(22)24,14-8-11-16-26-4-2)12-6-5-9-17-27-18(21)23/h3-4H,1-2,5-17H2,(H2,21,23)(H2,22,24). The molecule has 0 saturated carbocycles. The zero-order chi connectivity index (χ0) is 21.1. The molecule has 0 aromatic carbocycles. The van der Waals surface area contributed by atoms with E-state index in [1.807, 2.05) is 0 Å². The highest BCUT2D eigenvalue weighted by molar-refractivity contribution is 5.65. The first-order valence-electron chi connectivity index (χ1n) is 9.81. The summed E-state index contributed by atoms with van der Waals surface area (Å²) in [5.41, 5.74) is 9.69. The van der Waals surface area contributed by atoms with Gasteiger partial charge in [0.2, 0.25) is 0 Å². The molecular formula is C20H36N2O6. The number of nitrogens with two attached hydrogens (primary N) is 2. The number of carbonyl (C=O) groups excluding carboxylic acids is 2. The molecule has 0 aromatic rings. The van der Waals surface area contributed by atoms with Gasteiger partial charge in [0.15, 0.2) is 0 Å². The number of ether oxygens (including phenoxy) is 4. The Morgan fingerprint density at radius 2 is 1.18 bits per heavy atom. The monoisotopic (exact) mass is 400 g/mol. The molecule has 0 aliphatic heterocycles. The Morgan fingerprint density at radius 1 is 0.714 bits per heavy atom. The van der Waals surface area contributed by atoms with E-state index in [9.17, 15) is 9.59 Å². The lowest BCUT2D eigenvalue weighted by atomic mass is 9.85. The summed E-state index contributed by atoms with van der Waals surface area (Å²) in [5.74, 6) is 0. The minimum Gasteiger partial charge on any atom is -0.502 e. The van der Waals surface area contributed by atoms with Crippen LogP contribution in [0.4, 0.5) is 9.59 Å². The van der Waals surface area contributed by atoms with Gasteiger partial charge in [0.05, 0.1) is 32.3 Å². The molecule has 162 valence electrons. The molecule has 4 N–H and O–H groups in total. The van der Waals surface area contributed by atoms with Crippen molar-refractivity contribution in [1.82, 2.24) is 0 Å². The third-order valence-electron chi connectivity index (χ3n) is 4.36. The number of carbonyl (C=O) groups is 2. The molecule has 0 aliphatic rings. The highest BCUT2D eigenvalue weighted by Gasteiger charge is 2.32. The number of primary amides is 2. The van der Waals surface area contributed by atoms with Crippen molar-refractivity contribution in [2.24, 2.45) is 11.5 Å². The van der Waals surface area contributed by atoms with Gasteiger partial charge in [0, 0.05) is 0 Å². The Balaban J connectivity index is 4.66. The summed E-state index contributed by atoms with van der Waals surface area (Å²) >= 11 is 0. The molecule has 0 spiro atoms. The summed E-state index contributed by atoms with van der Waals surface area (Å²) in [6.07, 6.45) is 9.12. The topological polar surface area (TPSA) is 123 Å². The smallest absolute Gasteiger partial charge is 0.405 e. The van der Waals surface area contributed by atoms with Crippen molar-refractivity contribution in [2.75, 3.05) is 19.8 Å². The first-order chi connectivity index (χ1) is 13.5. The molecule has 0 heterocycles. The number of rotatable bonds is 19. The van der Waals surface area contributed by atoms with Crippen LogP contribution in [0.2, 0.25) is 0 Å². The highest BCUT2D eigenvalue weighted by atomic mass is 16.6.